The third-order valence-electron chi connectivity index (χ3n) is 1.75. The van der Waals surface area contributed by atoms with Crippen molar-refractivity contribution >= 4 is 15.9 Å². The molecule has 11 heavy (non-hydrogen) atoms. The lowest BCUT2D eigenvalue weighted by Gasteiger charge is -1.96. The molecule has 0 saturated heterocycles. The van der Waals surface area contributed by atoms with Gasteiger partial charge >= 0.3 is 0 Å². The van der Waals surface area contributed by atoms with Crippen molar-refractivity contribution in [2.75, 3.05) is 0 Å². The summed E-state index contributed by atoms with van der Waals surface area (Å²) in [5.74, 6) is 0. The van der Waals surface area contributed by atoms with Gasteiger partial charge in [0.15, 0.2) is 0 Å². The summed E-state index contributed by atoms with van der Waals surface area (Å²) in [5, 5.41) is 0. The highest BCUT2D eigenvalue weighted by molar-refractivity contribution is 9.10. The lowest BCUT2D eigenvalue weighted by molar-refractivity contribution is 0.134. The van der Waals surface area contributed by atoms with Crippen LogP contribution in [0, 0.1) is 0 Å². The first kappa shape index (κ1) is 7.06. The first-order valence-electron chi connectivity index (χ1n) is 3.25. The van der Waals surface area contributed by atoms with E-state index in [1.54, 1.807) is 6.20 Å². The van der Waals surface area contributed by atoms with E-state index in [9.17, 15) is 4.79 Å². The van der Waals surface area contributed by atoms with Crippen molar-refractivity contribution in [3.63, 3.8) is 0 Å². The minimum Gasteiger partial charge on any atom is -0.372 e. The van der Waals surface area contributed by atoms with E-state index in [-0.39, 0.29) is 5.56 Å². The van der Waals surface area contributed by atoms with Gasteiger partial charge in [-0.3, -0.25) is 4.79 Å². The molecule has 2 heterocycles. The van der Waals surface area contributed by atoms with Gasteiger partial charge in [-0.25, -0.2) is 0 Å². The number of aromatic amines is 1. The van der Waals surface area contributed by atoms with Crippen LogP contribution in [0.1, 0.15) is 11.1 Å². The summed E-state index contributed by atoms with van der Waals surface area (Å²) >= 11 is 3.33. The Morgan fingerprint density at radius 2 is 2.18 bits per heavy atom. The third-order valence-corrected chi connectivity index (χ3v) is 2.46. The van der Waals surface area contributed by atoms with Crippen LogP contribution < -0.4 is 5.56 Å². The first-order valence-corrected chi connectivity index (χ1v) is 4.05. The number of pyridine rings is 1. The second-order valence-electron chi connectivity index (χ2n) is 2.42. The van der Waals surface area contributed by atoms with Crippen molar-refractivity contribution in [3.8, 4) is 0 Å². The summed E-state index contributed by atoms with van der Waals surface area (Å²) in [6, 6.07) is 0. The van der Waals surface area contributed by atoms with Crippen molar-refractivity contribution in [1.82, 2.24) is 4.98 Å². The zero-order valence-electron chi connectivity index (χ0n) is 5.69. The van der Waals surface area contributed by atoms with E-state index in [2.05, 4.69) is 20.9 Å². The number of rotatable bonds is 0. The molecule has 0 radical (unpaired) electrons. The molecule has 1 aromatic heterocycles. The molecule has 1 N–H and O–H groups in total. The maximum absolute atomic E-state index is 11.1. The Balaban J connectivity index is 2.74. The average Bonchev–Trinajstić information content (AvgIpc) is 2.45. The van der Waals surface area contributed by atoms with Gasteiger partial charge in [-0.15, -0.1) is 0 Å². The summed E-state index contributed by atoms with van der Waals surface area (Å²) in [4.78, 5) is 13.7. The van der Waals surface area contributed by atoms with Gasteiger partial charge in [0.25, 0.3) is 5.56 Å². The van der Waals surface area contributed by atoms with E-state index in [0.29, 0.717) is 13.2 Å². The molecular weight excluding hydrogens is 210 g/mol. The van der Waals surface area contributed by atoms with Gasteiger partial charge in [0.1, 0.15) is 0 Å². The molecule has 1 aliphatic heterocycles. The van der Waals surface area contributed by atoms with E-state index in [1.165, 1.54) is 0 Å². The molecule has 3 nitrogen and oxygen atoms in total. The number of aromatic nitrogens is 1. The molecule has 58 valence electrons. The Bertz CT molecular complexity index is 345. The average molecular weight is 216 g/mol. The molecule has 0 bridgehead atoms. The normalized spacial score (nSPS) is 15.0. The minimum atomic E-state index is -0.0410. The highest BCUT2D eigenvalue weighted by atomic mass is 79.9. The zero-order chi connectivity index (χ0) is 7.84. The smallest absolute Gasteiger partial charge is 0.253 e. The van der Waals surface area contributed by atoms with Crippen LogP contribution in [0.4, 0.5) is 0 Å². The van der Waals surface area contributed by atoms with Crippen LogP contribution in [-0.2, 0) is 18.0 Å². The largest absolute Gasteiger partial charge is 0.372 e. The monoisotopic (exact) mass is 215 g/mol. The Morgan fingerprint density at radius 3 is 2.91 bits per heavy atom. The molecule has 1 aromatic rings. The highest BCUT2D eigenvalue weighted by Gasteiger charge is 2.16. The number of hydrogen-bond donors (Lipinski definition) is 1. The summed E-state index contributed by atoms with van der Waals surface area (Å²) in [5.41, 5.74) is 1.69. The fraction of sp³-hybridized carbons (Fsp3) is 0.286. The van der Waals surface area contributed by atoms with Crippen molar-refractivity contribution in [2.45, 2.75) is 13.2 Å². The highest BCUT2D eigenvalue weighted by Crippen LogP contribution is 2.23. The van der Waals surface area contributed by atoms with E-state index >= 15 is 0 Å². The predicted octanol–water partition coefficient (Wildman–Crippen LogP) is 1.17. The van der Waals surface area contributed by atoms with Crippen LogP contribution in [0.15, 0.2) is 15.5 Å². The fourth-order valence-electron chi connectivity index (χ4n) is 1.15. The fourth-order valence-corrected chi connectivity index (χ4v) is 1.62. The maximum atomic E-state index is 11.1. The molecule has 0 unspecified atom stereocenters. The number of H-pyrrole nitrogens is 1. The maximum Gasteiger partial charge on any atom is 0.253 e. The number of ether oxygens (including phenoxy) is 1. The summed E-state index contributed by atoms with van der Waals surface area (Å²) in [6.45, 7) is 0.976. The Hall–Kier alpha value is -0.610. The molecular formula is C7H6BrNO2. The van der Waals surface area contributed by atoms with E-state index in [1.807, 2.05) is 0 Å². The van der Waals surface area contributed by atoms with E-state index < -0.39 is 0 Å². The van der Waals surface area contributed by atoms with E-state index in [4.69, 9.17) is 4.74 Å². The number of nitrogens with one attached hydrogen (secondary N) is 1. The van der Waals surface area contributed by atoms with Crippen molar-refractivity contribution in [1.29, 1.82) is 0 Å². The molecule has 0 spiro atoms. The molecule has 2 rings (SSSR count). The second-order valence-corrected chi connectivity index (χ2v) is 3.27. The molecule has 1 aliphatic rings. The molecule has 0 aliphatic carbocycles. The van der Waals surface area contributed by atoms with Crippen LogP contribution in [-0.4, -0.2) is 4.98 Å². The topological polar surface area (TPSA) is 42.1 Å². The van der Waals surface area contributed by atoms with Gasteiger partial charge < -0.3 is 9.72 Å². The molecule has 0 saturated carbocycles. The quantitative estimate of drug-likeness (QED) is 0.707. The lowest BCUT2D eigenvalue weighted by atomic mass is 10.2. The van der Waals surface area contributed by atoms with Crippen LogP contribution in [0.5, 0.6) is 0 Å². The van der Waals surface area contributed by atoms with Gasteiger partial charge in [0.2, 0.25) is 0 Å². The van der Waals surface area contributed by atoms with Crippen molar-refractivity contribution < 1.29 is 4.74 Å². The van der Waals surface area contributed by atoms with Crippen molar-refractivity contribution in [2.24, 2.45) is 0 Å². The summed E-state index contributed by atoms with van der Waals surface area (Å²) in [7, 11) is 0. The van der Waals surface area contributed by atoms with Gasteiger partial charge in [0.05, 0.1) is 13.2 Å². The van der Waals surface area contributed by atoms with Gasteiger partial charge in [-0.05, 0) is 15.9 Å². The van der Waals surface area contributed by atoms with Gasteiger partial charge in [-0.1, -0.05) is 0 Å². The molecule has 0 atom stereocenters. The Morgan fingerprint density at radius 1 is 1.45 bits per heavy atom. The minimum absolute atomic E-state index is 0.0410. The molecule has 0 amide bonds. The first-order chi connectivity index (χ1) is 5.29. The number of fused-ring (bicyclic) bond motifs is 1. The van der Waals surface area contributed by atoms with Gasteiger partial charge in [-0.2, -0.15) is 0 Å². The van der Waals surface area contributed by atoms with Crippen LogP contribution in [0.25, 0.3) is 0 Å². The summed E-state index contributed by atoms with van der Waals surface area (Å²) < 4.78 is 6.05. The van der Waals surface area contributed by atoms with Gasteiger partial charge in [0, 0.05) is 21.8 Å². The lowest BCUT2D eigenvalue weighted by Crippen LogP contribution is -2.11. The number of hydrogen-bond acceptors (Lipinski definition) is 2. The standard InChI is InChI=1S/C7H6BrNO2/c8-6-1-9-7(10)5-3-11-2-4(5)6/h1H,2-3H2,(H,9,10). The molecule has 0 aromatic carbocycles. The SMILES string of the molecule is O=c1[nH]cc(Br)c2c1COC2. The Kier molecular flexibility index (Phi) is 1.58. The zero-order valence-corrected chi connectivity index (χ0v) is 7.27. The second kappa shape index (κ2) is 2.46. The van der Waals surface area contributed by atoms with Crippen LogP contribution >= 0.6 is 15.9 Å². The predicted molar refractivity (Wildman–Crippen MR) is 43.3 cm³/mol. The summed E-state index contributed by atoms with van der Waals surface area (Å²) in [6.07, 6.45) is 1.65. The Labute approximate surface area is 71.5 Å². The van der Waals surface area contributed by atoms with Crippen molar-refractivity contribution in [3.05, 3.63) is 32.2 Å². The van der Waals surface area contributed by atoms with E-state index in [0.717, 1.165) is 15.6 Å². The van der Waals surface area contributed by atoms with Crippen LogP contribution in [0.2, 0.25) is 0 Å². The third kappa shape index (κ3) is 1.02. The number of halogens is 1. The molecule has 4 heteroatoms. The molecule has 0 fully saturated rings. The van der Waals surface area contributed by atoms with Crippen LogP contribution in [0.3, 0.4) is 0 Å².